The van der Waals surface area contributed by atoms with Gasteiger partial charge >= 0.3 is 0 Å². The second-order valence-corrected chi connectivity index (χ2v) is 5.60. The number of hydrogen-bond donors (Lipinski definition) is 0. The Kier molecular flexibility index (Phi) is 4.16. The Hall–Kier alpha value is -1.93. The molecule has 0 aromatic heterocycles. The van der Waals surface area contributed by atoms with E-state index in [2.05, 4.69) is 0 Å². The minimum atomic E-state index is -0.755. The smallest absolute Gasteiger partial charge is 0.169 e. The van der Waals surface area contributed by atoms with Gasteiger partial charge in [0.05, 0.1) is 6.61 Å². The summed E-state index contributed by atoms with van der Waals surface area (Å²) in [6.07, 6.45) is 3.41. The van der Waals surface area contributed by atoms with Crippen LogP contribution in [0.5, 0.6) is 0 Å². The van der Waals surface area contributed by atoms with Gasteiger partial charge in [-0.15, -0.1) is 0 Å². The van der Waals surface area contributed by atoms with Gasteiger partial charge in [0, 0.05) is 6.42 Å². The van der Waals surface area contributed by atoms with E-state index in [1.165, 1.54) is 0 Å². The van der Waals surface area contributed by atoms with Crippen molar-refractivity contribution in [3.05, 3.63) is 71.8 Å². The van der Waals surface area contributed by atoms with Crippen molar-refractivity contribution in [2.45, 2.75) is 37.9 Å². The maximum Gasteiger partial charge on any atom is 0.169 e. The van der Waals surface area contributed by atoms with Crippen molar-refractivity contribution >= 4 is 5.78 Å². The second-order valence-electron chi connectivity index (χ2n) is 5.60. The number of benzene rings is 2. The zero-order chi connectivity index (χ0) is 14.5. The lowest BCUT2D eigenvalue weighted by atomic mass is 9.78. The zero-order valence-corrected chi connectivity index (χ0v) is 12.1. The van der Waals surface area contributed by atoms with Gasteiger partial charge in [-0.2, -0.15) is 0 Å². The Balaban J connectivity index is 1.88. The summed E-state index contributed by atoms with van der Waals surface area (Å²) in [5, 5.41) is 0. The van der Waals surface area contributed by atoms with Gasteiger partial charge in [-0.1, -0.05) is 60.7 Å². The van der Waals surface area contributed by atoms with Crippen LogP contribution in [0, 0.1) is 0 Å². The molecule has 1 aliphatic carbocycles. The van der Waals surface area contributed by atoms with Crippen LogP contribution in [-0.4, -0.2) is 5.78 Å². The lowest BCUT2D eigenvalue weighted by Gasteiger charge is -2.36. The Morgan fingerprint density at radius 2 is 1.57 bits per heavy atom. The highest BCUT2D eigenvalue weighted by molar-refractivity contribution is 5.89. The molecule has 0 radical (unpaired) electrons. The highest BCUT2D eigenvalue weighted by Gasteiger charge is 2.42. The predicted molar refractivity (Wildman–Crippen MR) is 82.8 cm³/mol. The van der Waals surface area contributed by atoms with E-state index in [9.17, 15) is 4.79 Å². The number of rotatable bonds is 4. The van der Waals surface area contributed by atoms with Crippen LogP contribution < -0.4 is 0 Å². The summed E-state index contributed by atoms with van der Waals surface area (Å²) in [5.74, 6) is 0.218. The molecule has 108 valence electrons. The molecule has 2 aromatic carbocycles. The number of Topliss-reactive ketones (excluding diaryl/α,β-unsaturated/α-hetero) is 1. The van der Waals surface area contributed by atoms with Gasteiger partial charge in [-0.25, -0.2) is 0 Å². The van der Waals surface area contributed by atoms with Crippen LogP contribution in [0.25, 0.3) is 0 Å². The van der Waals surface area contributed by atoms with Crippen molar-refractivity contribution in [1.29, 1.82) is 0 Å². The van der Waals surface area contributed by atoms with Crippen molar-refractivity contribution in [3.63, 3.8) is 0 Å². The third-order valence-electron chi connectivity index (χ3n) is 4.20. The van der Waals surface area contributed by atoms with Gasteiger partial charge in [-0.05, 0) is 30.4 Å². The third kappa shape index (κ3) is 2.91. The van der Waals surface area contributed by atoms with Gasteiger partial charge in [0.15, 0.2) is 11.4 Å². The first-order valence-corrected chi connectivity index (χ1v) is 7.58. The third-order valence-corrected chi connectivity index (χ3v) is 4.20. The molecule has 0 N–H and O–H groups in total. The zero-order valence-electron chi connectivity index (χ0n) is 12.1. The number of ketones is 1. The molecular weight excluding hydrogens is 260 g/mol. The molecule has 0 aliphatic heterocycles. The van der Waals surface area contributed by atoms with Crippen molar-refractivity contribution in [3.8, 4) is 0 Å². The van der Waals surface area contributed by atoms with E-state index in [-0.39, 0.29) is 5.78 Å². The fourth-order valence-electron chi connectivity index (χ4n) is 3.03. The molecule has 2 heteroatoms. The first kappa shape index (κ1) is 14.0. The molecule has 2 nitrogen and oxygen atoms in total. The minimum Gasteiger partial charge on any atom is -0.358 e. The minimum absolute atomic E-state index is 0.218. The van der Waals surface area contributed by atoms with Crippen molar-refractivity contribution in [1.82, 2.24) is 0 Å². The fraction of sp³-hybridized carbons (Fsp3) is 0.316. The van der Waals surface area contributed by atoms with E-state index in [4.69, 9.17) is 4.74 Å². The lowest BCUT2D eigenvalue weighted by molar-refractivity contribution is -0.153. The molecule has 0 saturated heterocycles. The van der Waals surface area contributed by atoms with E-state index in [1.807, 2.05) is 60.7 Å². The molecule has 1 fully saturated rings. The summed E-state index contributed by atoms with van der Waals surface area (Å²) in [7, 11) is 0. The molecule has 1 unspecified atom stereocenters. The average Bonchev–Trinajstić information content (AvgIpc) is 2.56. The SMILES string of the molecule is O=C1CCCCC1(OCc1ccccc1)c1ccccc1. The number of carbonyl (C=O) groups is 1. The summed E-state index contributed by atoms with van der Waals surface area (Å²) in [4.78, 5) is 12.6. The Morgan fingerprint density at radius 1 is 0.905 bits per heavy atom. The monoisotopic (exact) mass is 280 g/mol. The van der Waals surface area contributed by atoms with Gasteiger partial charge in [0.2, 0.25) is 0 Å². The van der Waals surface area contributed by atoms with Crippen LogP contribution in [0.2, 0.25) is 0 Å². The van der Waals surface area contributed by atoms with Crippen LogP contribution in [0.4, 0.5) is 0 Å². The number of ether oxygens (including phenoxy) is 1. The van der Waals surface area contributed by atoms with Gasteiger partial charge in [0.25, 0.3) is 0 Å². The summed E-state index contributed by atoms with van der Waals surface area (Å²) >= 11 is 0. The Bertz CT molecular complexity index is 591. The second kappa shape index (κ2) is 6.23. The van der Waals surface area contributed by atoms with Gasteiger partial charge in [0.1, 0.15) is 0 Å². The fourth-order valence-corrected chi connectivity index (χ4v) is 3.03. The van der Waals surface area contributed by atoms with Crippen molar-refractivity contribution in [2.75, 3.05) is 0 Å². The molecule has 21 heavy (non-hydrogen) atoms. The molecule has 1 saturated carbocycles. The topological polar surface area (TPSA) is 26.3 Å². The number of carbonyl (C=O) groups excluding carboxylic acids is 1. The molecule has 0 spiro atoms. The summed E-state index contributed by atoms with van der Waals surface area (Å²) in [6, 6.07) is 20.0. The van der Waals surface area contributed by atoms with Crippen LogP contribution in [-0.2, 0) is 21.7 Å². The van der Waals surface area contributed by atoms with Crippen LogP contribution in [0.3, 0.4) is 0 Å². The molecule has 0 amide bonds. The number of hydrogen-bond acceptors (Lipinski definition) is 2. The van der Waals surface area contributed by atoms with Crippen LogP contribution >= 0.6 is 0 Å². The molecule has 0 heterocycles. The predicted octanol–water partition coefficient (Wildman–Crippen LogP) is 4.24. The molecule has 3 rings (SSSR count). The first-order valence-electron chi connectivity index (χ1n) is 7.58. The maximum absolute atomic E-state index is 12.6. The summed E-state index contributed by atoms with van der Waals surface area (Å²) < 4.78 is 6.21. The normalized spacial score (nSPS) is 22.2. The molecule has 2 aromatic rings. The average molecular weight is 280 g/mol. The maximum atomic E-state index is 12.6. The summed E-state index contributed by atoms with van der Waals surface area (Å²) in [5.41, 5.74) is 1.34. The molecule has 1 atom stereocenters. The van der Waals surface area contributed by atoms with E-state index in [0.29, 0.717) is 13.0 Å². The molecular formula is C19H20O2. The van der Waals surface area contributed by atoms with E-state index in [0.717, 1.165) is 30.4 Å². The molecule has 0 bridgehead atoms. The van der Waals surface area contributed by atoms with E-state index >= 15 is 0 Å². The van der Waals surface area contributed by atoms with Gasteiger partial charge in [-0.3, -0.25) is 4.79 Å². The first-order chi connectivity index (χ1) is 10.3. The van der Waals surface area contributed by atoms with E-state index in [1.54, 1.807) is 0 Å². The largest absolute Gasteiger partial charge is 0.358 e. The standard InChI is InChI=1S/C19H20O2/c20-18-13-7-8-14-19(18,17-11-5-2-6-12-17)21-15-16-9-3-1-4-10-16/h1-6,9-12H,7-8,13-15H2. The van der Waals surface area contributed by atoms with Crippen LogP contribution in [0.15, 0.2) is 60.7 Å². The molecule has 1 aliphatic rings. The van der Waals surface area contributed by atoms with E-state index < -0.39 is 5.60 Å². The quantitative estimate of drug-likeness (QED) is 0.837. The summed E-state index contributed by atoms with van der Waals surface area (Å²) in [6.45, 7) is 0.474. The Labute approximate surface area is 125 Å². The van der Waals surface area contributed by atoms with Crippen LogP contribution in [0.1, 0.15) is 36.8 Å². The Morgan fingerprint density at radius 3 is 2.24 bits per heavy atom. The van der Waals surface area contributed by atoms with Crippen molar-refractivity contribution in [2.24, 2.45) is 0 Å². The van der Waals surface area contributed by atoms with Gasteiger partial charge < -0.3 is 4.74 Å². The lowest BCUT2D eigenvalue weighted by Crippen LogP contribution is -2.41. The highest BCUT2D eigenvalue weighted by Crippen LogP contribution is 2.38. The van der Waals surface area contributed by atoms with Crippen molar-refractivity contribution < 1.29 is 9.53 Å². The highest BCUT2D eigenvalue weighted by atomic mass is 16.5.